The minimum Gasteiger partial charge on any atom is -0.497 e. The van der Waals surface area contributed by atoms with E-state index < -0.39 is 17.7 Å². The summed E-state index contributed by atoms with van der Waals surface area (Å²) < 4.78 is 48.8. The lowest BCUT2D eigenvalue weighted by molar-refractivity contribution is -0.137. The molecule has 0 fully saturated rings. The second-order valence-corrected chi connectivity index (χ2v) is 7.20. The van der Waals surface area contributed by atoms with Crippen LogP contribution in [0.3, 0.4) is 0 Å². The van der Waals surface area contributed by atoms with Gasteiger partial charge in [0.15, 0.2) is 0 Å². The molecule has 3 rings (SSSR count). The molecule has 1 N–H and O–H groups in total. The largest absolute Gasteiger partial charge is 0.497 e. The van der Waals surface area contributed by atoms with E-state index in [1.54, 1.807) is 54.4 Å². The topological polar surface area (TPSA) is 50.8 Å². The molecule has 0 unspecified atom stereocenters. The van der Waals surface area contributed by atoms with E-state index in [0.717, 1.165) is 11.8 Å². The molecule has 0 atom stereocenters. The van der Waals surface area contributed by atoms with Gasteiger partial charge in [-0.2, -0.15) is 13.2 Å². The molecule has 0 bridgehead atoms. The average Bonchev–Trinajstić information content (AvgIpc) is 2.78. The highest BCUT2D eigenvalue weighted by molar-refractivity contribution is 6.31. The number of halogens is 4. The van der Waals surface area contributed by atoms with Crippen LogP contribution in [0.15, 0.2) is 60.7 Å². The fourth-order valence-corrected chi connectivity index (χ4v) is 3.34. The molecule has 0 aliphatic heterocycles. The predicted octanol–water partition coefficient (Wildman–Crippen LogP) is 6.67. The van der Waals surface area contributed by atoms with E-state index in [4.69, 9.17) is 21.1 Å². The maximum atomic E-state index is 12.9. The van der Waals surface area contributed by atoms with Crippen LogP contribution in [0.2, 0.25) is 5.02 Å². The van der Waals surface area contributed by atoms with E-state index in [9.17, 15) is 18.0 Å². The Morgan fingerprint density at radius 2 is 1.62 bits per heavy atom. The Bertz CT molecular complexity index is 1120. The van der Waals surface area contributed by atoms with E-state index in [2.05, 4.69) is 5.32 Å². The van der Waals surface area contributed by atoms with Crippen LogP contribution >= 0.6 is 11.6 Å². The van der Waals surface area contributed by atoms with Crippen molar-refractivity contribution < 1.29 is 27.4 Å². The van der Waals surface area contributed by atoms with Gasteiger partial charge in [0, 0.05) is 24.1 Å². The number of benzene rings is 3. The molecule has 0 saturated heterocycles. The Labute approximate surface area is 188 Å². The Hall–Kier alpha value is -3.39. The van der Waals surface area contributed by atoms with Gasteiger partial charge in [0.1, 0.15) is 5.75 Å². The first kappa shape index (κ1) is 23.3. The molecule has 5 nitrogen and oxygen atoms in total. The minimum absolute atomic E-state index is 0.312. The summed E-state index contributed by atoms with van der Waals surface area (Å²) in [5.74, 6) is 0.00469. The average molecular weight is 465 g/mol. The van der Waals surface area contributed by atoms with E-state index in [1.807, 2.05) is 0 Å². The van der Waals surface area contributed by atoms with Crippen LogP contribution in [0.4, 0.5) is 35.9 Å². The van der Waals surface area contributed by atoms with Crippen LogP contribution in [-0.4, -0.2) is 27.2 Å². The summed E-state index contributed by atoms with van der Waals surface area (Å²) in [6.07, 6.45) is -4.51. The van der Waals surface area contributed by atoms with Crippen molar-refractivity contribution in [1.82, 2.24) is 0 Å². The lowest BCUT2D eigenvalue weighted by Crippen LogP contribution is -2.11. The standard InChI is InChI=1S/C23H20ClF3N2O3/c1-29(16-8-10-19(20(24)12-16)23(25,26)27)15-6-4-14(5-7-15)28-21-11-9-17(31-2)13-18(21)22(30)32-3/h4-13,28H,1-3H3. The normalized spacial score (nSPS) is 11.1. The van der Waals surface area contributed by atoms with Crippen LogP contribution < -0.4 is 15.0 Å². The molecular weight excluding hydrogens is 445 g/mol. The molecule has 0 saturated carbocycles. The lowest BCUT2D eigenvalue weighted by Gasteiger charge is -2.21. The zero-order valence-corrected chi connectivity index (χ0v) is 18.2. The van der Waals surface area contributed by atoms with Crippen LogP contribution in [0.5, 0.6) is 5.75 Å². The number of nitrogens with one attached hydrogen (secondary N) is 1. The van der Waals surface area contributed by atoms with E-state index >= 15 is 0 Å². The number of alkyl halides is 3. The lowest BCUT2D eigenvalue weighted by atomic mass is 10.1. The fraction of sp³-hybridized carbons (Fsp3) is 0.174. The predicted molar refractivity (Wildman–Crippen MR) is 119 cm³/mol. The SMILES string of the molecule is COC(=O)c1cc(OC)ccc1Nc1ccc(N(C)c2ccc(C(F)(F)F)c(Cl)c2)cc1. The number of hydrogen-bond acceptors (Lipinski definition) is 5. The van der Waals surface area contributed by atoms with Gasteiger partial charge in [-0.25, -0.2) is 4.79 Å². The first-order valence-corrected chi connectivity index (χ1v) is 9.75. The summed E-state index contributed by atoms with van der Waals surface area (Å²) in [4.78, 5) is 13.8. The van der Waals surface area contributed by atoms with Crippen molar-refractivity contribution in [1.29, 1.82) is 0 Å². The number of ether oxygens (including phenoxy) is 2. The molecule has 9 heteroatoms. The molecule has 0 amide bonds. The summed E-state index contributed by atoms with van der Waals surface area (Å²) in [6, 6.07) is 15.7. The number of anilines is 4. The number of nitrogens with zero attached hydrogens (tertiary/aromatic N) is 1. The maximum absolute atomic E-state index is 12.9. The number of methoxy groups -OCH3 is 2. The Morgan fingerprint density at radius 3 is 2.19 bits per heavy atom. The summed E-state index contributed by atoms with van der Waals surface area (Å²) in [7, 11) is 4.52. The van der Waals surface area contributed by atoms with Crippen molar-refractivity contribution in [3.05, 3.63) is 76.8 Å². The molecule has 3 aromatic carbocycles. The molecule has 0 heterocycles. The molecule has 0 radical (unpaired) electrons. The van der Waals surface area contributed by atoms with Crippen molar-refractivity contribution in [2.45, 2.75) is 6.18 Å². The zero-order valence-electron chi connectivity index (χ0n) is 17.5. The molecule has 0 aliphatic rings. The van der Waals surface area contributed by atoms with Gasteiger partial charge in [0.05, 0.1) is 36.1 Å². The second-order valence-electron chi connectivity index (χ2n) is 6.80. The van der Waals surface area contributed by atoms with Gasteiger partial charge < -0.3 is 19.7 Å². The van der Waals surface area contributed by atoms with Crippen molar-refractivity contribution in [2.75, 3.05) is 31.5 Å². The van der Waals surface area contributed by atoms with Crippen LogP contribution in [-0.2, 0) is 10.9 Å². The van der Waals surface area contributed by atoms with E-state index in [0.29, 0.717) is 28.4 Å². The second kappa shape index (κ2) is 9.40. The number of carbonyl (C=O) groups is 1. The summed E-state index contributed by atoms with van der Waals surface area (Å²) in [6.45, 7) is 0. The van der Waals surface area contributed by atoms with Gasteiger partial charge >= 0.3 is 12.1 Å². The highest BCUT2D eigenvalue weighted by Crippen LogP contribution is 2.37. The summed E-state index contributed by atoms with van der Waals surface area (Å²) >= 11 is 5.83. The molecule has 32 heavy (non-hydrogen) atoms. The highest BCUT2D eigenvalue weighted by atomic mass is 35.5. The number of carbonyl (C=O) groups excluding carboxylic acids is 1. The van der Waals surface area contributed by atoms with Crippen LogP contribution in [0, 0.1) is 0 Å². The number of hydrogen-bond donors (Lipinski definition) is 1. The first-order valence-electron chi connectivity index (χ1n) is 9.38. The van der Waals surface area contributed by atoms with Gasteiger partial charge in [-0.3, -0.25) is 0 Å². The van der Waals surface area contributed by atoms with Crippen LogP contribution in [0.25, 0.3) is 0 Å². The molecule has 168 valence electrons. The molecule has 3 aromatic rings. The van der Waals surface area contributed by atoms with Gasteiger partial charge in [-0.1, -0.05) is 11.6 Å². The smallest absolute Gasteiger partial charge is 0.417 e. The Kier molecular flexibility index (Phi) is 6.84. The molecule has 0 aromatic heterocycles. The highest BCUT2D eigenvalue weighted by Gasteiger charge is 2.33. The first-order chi connectivity index (χ1) is 15.1. The van der Waals surface area contributed by atoms with Crippen molar-refractivity contribution >= 4 is 40.3 Å². The van der Waals surface area contributed by atoms with Gasteiger partial charge in [-0.15, -0.1) is 0 Å². The van der Waals surface area contributed by atoms with Crippen LogP contribution in [0.1, 0.15) is 15.9 Å². The maximum Gasteiger partial charge on any atom is 0.417 e. The molecule has 0 aliphatic carbocycles. The fourth-order valence-electron chi connectivity index (χ4n) is 3.05. The molecule has 0 spiro atoms. The Morgan fingerprint density at radius 1 is 0.969 bits per heavy atom. The van der Waals surface area contributed by atoms with E-state index in [1.165, 1.54) is 26.4 Å². The minimum atomic E-state index is -4.51. The number of rotatable bonds is 6. The van der Waals surface area contributed by atoms with Crippen molar-refractivity contribution in [3.63, 3.8) is 0 Å². The van der Waals surface area contributed by atoms with Gasteiger partial charge in [-0.05, 0) is 60.7 Å². The number of esters is 1. The monoisotopic (exact) mass is 464 g/mol. The van der Waals surface area contributed by atoms with Gasteiger partial charge in [0.2, 0.25) is 0 Å². The zero-order chi connectivity index (χ0) is 23.5. The van der Waals surface area contributed by atoms with Gasteiger partial charge in [0.25, 0.3) is 0 Å². The van der Waals surface area contributed by atoms with E-state index in [-0.39, 0.29) is 5.02 Å². The third-order valence-corrected chi connectivity index (χ3v) is 5.12. The summed E-state index contributed by atoms with van der Waals surface area (Å²) in [5.41, 5.74) is 1.90. The Balaban J connectivity index is 1.81. The molecular formula is C23H20ClF3N2O3. The quantitative estimate of drug-likeness (QED) is 0.413. The third-order valence-electron chi connectivity index (χ3n) is 4.81. The third kappa shape index (κ3) is 5.08. The van der Waals surface area contributed by atoms with Crippen molar-refractivity contribution in [3.8, 4) is 5.75 Å². The summed E-state index contributed by atoms with van der Waals surface area (Å²) in [5, 5.41) is 2.79. The van der Waals surface area contributed by atoms with Crippen molar-refractivity contribution in [2.24, 2.45) is 0 Å².